The molecule has 0 aliphatic rings. The Morgan fingerprint density at radius 2 is 1.67 bits per heavy atom. The summed E-state index contributed by atoms with van der Waals surface area (Å²) in [5, 5.41) is 16.1. The molecule has 3 N–H and O–H groups in total. The van der Waals surface area contributed by atoms with E-state index >= 15 is 0 Å². The van der Waals surface area contributed by atoms with Gasteiger partial charge < -0.3 is 15.7 Å². The van der Waals surface area contributed by atoms with E-state index < -0.39 is 15.7 Å². The van der Waals surface area contributed by atoms with E-state index in [4.69, 9.17) is 0 Å². The number of halogens is 1. The van der Waals surface area contributed by atoms with Gasteiger partial charge in [0.1, 0.15) is 11.6 Å². The van der Waals surface area contributed by atoms with E-state index in [-0.39, 0.29) is 39.6 Å². The fourth-order valence-electron chi connectivity index (χ4n) is 2.58. The fourth-order valence-corrected chi connectivity index (χ4v) is 3.25. The first-order valence-electron chi connectivity index (χ1n) is 9.01. The predicted octanol–water partition coefficient (Wildman–Crippen LogP) is 3.74. The highest BCUT2D eigenvalue weighted by Gasteiger charge is 2.17. The molecule has 10 heteroatoms. The van der Waals surface area contributed by atoms with E-state index in [0.29, 0.717) is 5.56 Å². The topological polar surface area (TPSA) is 117 Å². The molecule has 8 nitrogen and oxygen atoms in total. The maximum atomic E-state index is 14.0. The van der Waals surface area contributed by atoms with Crippen LogP contribution in [-0.2, 0) is 9.84 Å². The molecule has 0 atom stereocenters. The molecule has 30 heavy (non-hydrogen) atoms. The molecule has 0 aliphatic heterocycles. The zero-order valence-electron chi connectivity index (χ0n) is 16.9. The van der Waals surface area contributed by atoms with E-state index in [0.717, 1.165) is 18.4 Å². The van der Waals surface area contributed by atoms with Gasteiger partial charge >= 0.3 is 0 Å². The number of benzene rings is 2. The predicted molar refractivity (Wildman–Crippen MR) is 113 cm³/mol. The van der Waals surface area contributed by atoms with Crippen molar-refractivity contribution < 1.29 is 17.9 Å². The van der Waals surface area contributed by atoms with Crippen molar-refractivity contribution in [3.8, 4) is 17.1 Å². The summed E-state index contributed by atoms with van der Waals surface area (Å²) in [6.45, 7) is 5.78. The summed E-state index contributed by atoms with van der Waals surface area (Å²) in [6.07, 6.45) is 0.996. The maximum Gasteiger partial charge on any atom is 0.232 e. The van der Waals surface area contributed by atoms with E-state index in [9.17, 15) is 17.9 Å². The van der Waals surface area contributed by atoms with E-state index in [2.05, 4.69) is 25.6 Å². The molecule has 0 spiro atoms. The molecule has 2 aromatic carbocycles. The molecule has 1 heterocycles. The third kappa shape index (κ3) is 5.41. The van der Waals surface area contributed by atoms with Gasteiger partial charge in [0.25, 0.3) is 0 Å². The average molecular weight is 431 g/mol. The highest BCUT2D eigenvalue weighted by Crippen LogP contribution is 2.28. The van der Waals surface area contributed by atoms with Crippen LogP contribution in [0.15, 0.2) is 47.4 Å². The Hall–Kier alpha value is -3.27. The molecule has 3 rings (SSSR count). The number of sulfone groups is 1. The van der Waals surface area contributed by atoms with Gasteiger partial charge in [0.15, 0.2) is 15.7 Å². The standard InChI is InChI=1S/C20H22FN5O3S/c1-20(2,3)26-19-24-17(15-7-5-6-8-16(15)27)23-18(25-19)22-13-9-12(21)10-14(11-13)30(4,28)29/h5-11,27H,1-4H3,(H2,22,23,24,25,26). The molecule has 0 fully saturated rings. The van der Waals surface area contributed by atoms with Crippen LogP contribution >= 0.6 is 0 Å². The van der Waals surface area contributed by atoms with Crippen molar-refractivity contribution in [2.24, 2.45) is 0 Å². The Kier molecular flexibility index (Phi) is 5.62. The summed E-state index contributed by atoms with van der Waals surface area (Å²) < 4.78 is 37.6. The van der Waals surface area contributed by atoms with Crippen LogP contribution in [0.3, 0.4) is 0 Å². The van der Waals surface area contributed by atoms with Crippen LogP contribution < -0.4 is 10.6 Å². The van der Waals surface area contributed by atoms with Gasteiger partial charge in [-0.1, -0.05) is 12.1 Å². The Morgan fingerprint density at radius 1 is 1.00 bits per heavy atom. The molecule has 158 valence electrons. The number of hydrogen-bond donors (Lipinski definition) is 3. The van der Waals surface area contributed by atoms with Crippen LogP contribution in [0.5, 0.6) is 5.75 Å². The largest absolute Gasteiger partial charge is 0.507 e. The Labute approximate surface area is 174 Å². The Morgan fingerprint density at radius 3 is 2.30 bits per heavy atom. The van der Waals surface area contributed by atoms with Gasteiger partial charge in [-0.3, -0.25) is 0 Å². The monoisotopic (exact) mass is 431 g/mol. The summed E-state index contributed by atoms with van der Waals surface area (Å²) in [7, 11) is -3.61. The van der Waals surface area contributed by atoms with Gasteiger partial charge in [0, 0.05) is 17.5 Å². The summed E-state index contributed by atoms with van der Waals surface area (Å²) >= 11 is 0. The molecular formula is C20H22FN5O3S. The van der Waals surface area contributed by atoms with Crippen LogP contribution in [0.1, 0.15) is 20.8 Å². The van der Waals surface area contributed by atoms with Crippen molar-refractivity contribution in [1.29, 1.82) is 0 Å². The SMILES string of the molecule is CC(C)(C)Nc1nc(Nc2cc(F)cc(S(C)(=O)=O)c2)nc(-c2ccccc2O)n1. The normalized spacial score (nSPS) is 11.9. The van der Waals surface area contributed by atoms with Crippen molar-refractivity contribution in [3.63, 3.8) is 0 Å². The van der Waals surface area contributed by atoms with E-state index in [1.54, 1.807) is 18.2 Å². The average Bonchev–Trinajstić information content (AvgIpc) is 2.59. The van der Waals surface area contributed by atoms with Crippen LogP contribution in [0, 0.1) is 5.82 Å². The zero-order chi connectivity index (χ0) is 22.1. The lowest BCUT2D eigenvalue weighted by molar-refractivity contribution is 0.477. The van der Waals surface area contributed by atoms with Gasteiger partial charge in [-0.2, -0.15) is 15.0 Å². The minimum absolute atomic E-state index is 0.0125. The van der Waals surface area contributed by atoms with Gasteiger partial charge in [-0.25, -0.2) is 12.8 Å². The van der Waals surface area contributed by atoms with Crippen molar-refractivity contribution in [1.82, 2.24) is 15.0 Å². The van der Waals surface area contributed by atoms with Crippen molar-refractivity contribution in [2.75, 3.05) is 16.9 Å². The molecule has 3 aromatic rings. The first-order valence-corrected chi connectivity index (χ1v) is 10.9. The molecule has 0 amide bonds. The molecule has 0 saturated heterocycles. The lowest BCUT2D eigenvalue weighted by Crippen LogP contribution is -2.27. The number of aromatic nitrogens is 3. The number of rotatable bonds is 5. The third-order valence-electron chi connectivity index (χ3n) is 3.82. The molecule has 1 aromatic heterocycles. The lowest BCUT2D eigenvalue weighted by atomic mass is 10.1. The number of anilines is 3. The summed E-state index contributed by atoms with van der Waals surface area (Å²) in [5.41, 5.74) is 0.180. The van der Waals surface area contributed by atoms with Gasteiger partial charge in [0.05, 0.1) is 10.5 Å². The number of phenolic OH excluding ortho intramolecular Hbond substituents is 1. The van der Waals surface area contributed by atoms with Crippen LogP contribution in [0.4, 0.5) is 22.0 Å². The smallest absolute Gasteiger partial charge is 0.232 e. The summed E-state index contributed by atoms with van der Waals surface area (Å²) in [5.74, 6) is -0.250. The van der Waals surface area contributed by atoms with E-state index in [1.165, 1.54) is 12.1 Å². The van der Waals surface area contributed by atoms with Crippen LogP contribution in [0.2, 0.25) is 0 Å². The van der Waals surface area contributed by atoms with E-state index in [1.807, 2.05) is 20.8 Å². The minimum atomic E-state index is -3.61. The second-order valence-electron chi connectivity index (χ2n) is 7.77. The number of aromatic hydroxyl groups is 1. The lowest BCUT2D eigenvalue weighted by Gasteiger charge is -2.21. The first kappa shape index (κ1) is 21.4. The maximum absolute atomic E-state index is 14.0. The minimum Gasteiger partial charge on any atom is -0.507 e. The number of hydrogen-bond acceptors (Lipinski definition) is 8. The number of nitrogens with one attached hydrogen (secondary N) is 2. The van der Waals surface area contributed by atoms with Crippen LogP contribution in [-0.4, -0.2) is 40.3 Å². The zero-order valence-corrected chi connectivity index (χ0v) is 17.7. The second-order valence-corrected chi connectivity index (χ2v) is 9.79. The summed E-state index contributed by atoms with van der Waals surface area (Å²) in [4.78, 5) is 12.8. The third-order valence-corrected chi connectivity index (χ3v) is 4.91. The van der Waals surface area contributed by atoms with Crippen molar-refractivity contribution >= 4 is 27.4 Å². The molecule has 0 radical (unpaired) electrons. The Balaban J connectivity index is 2.08. The van der Waals surface area contributed by atoms with Crippen molar-refractivity contribution in [2.45, 2.75) is 31.2 Å². The van der Waals surface area contributed by atoms with Gasteiger partial charge in [-0.05, 0) is 51.1 Å². The number of nitrogens with zero attached hydrogens (tertiary/aromatic N) is 3. The van der Waals surface area contributed by atoms with Gasteiger partial charge in [0.2, 0.25) is 11.9 Å². The first-order chi connectivity index (χ1) is 13.9. The number of phenols is 1. The quantitative estimate of drug-likeness (QED) is 0.559. The van der Waals surface area contributed by atoms with Crippen LogP contribution in [0.25, 0.3) is 11.4 Å². The number of para-hydroxylation sites is 1. The second kappa shape index (κ2) is 7.86. The Bertz CT molecular complexity index is 1190. The summed E-state index contributed by atoms with van der Waals surface area (Å²) in [6, 6.07) is 9.93. The molecule has 0 unspecified atom stereocenters. The van der Waals surface area contributed by atoms with Gasteiger partial charge in [-0.15, -0.1) is 0 Å². The molecule has 0 bridgehead atoms. The fraction of sp³-hybridized carbons (Fsp3) is 0.250. The molecular weight excluding hydrogens is 409 g/mol. The molecule has 0 saturated carbocycles. The molecule has 0 aliphatic carbocycles. The van der Waals surface area contributed by atoms with Crippen molar-refractivity contribution in [3.05, 3.63) is 48.3 Å². The highest BCUT2D eigenvalue weighted by atomic mass is 32.2. The highest BCUT2D eigenvalue weighted by molar-refractivity contribution is 7.90.